The first-order chi connectivity index (χ1) is 13.7. The Morgan fingerprint density at radius 1 is 1.21 bits per heavy atom. The van der Waals surface area contributed by atoms with Crippen LogP contribution in [0, 0.1) is 21.8 Å². The molecule has 0 spiro atoms. The van der Waals surface area contributed by atoms with Crippen molar-refractivity contribution in [3.63, 3.8) is 0 Å². The van der Waals surface area contributed by atoms with Gasteiger partial charge in [0.25, 0.3) is 0 Å². The first kappa shape index (κ1) is 20.7. The number of halogens is 1. The van der Waals surface area contributed by atoms with Crippen molar-refractivity contribution >= 4 is 16.1 Å². The lowest BCUT2D eigenvalue weighted by molar-refractivity contribution is -0.543. The van der Waals surface area contributed by atoms with Crippen LogP contribution in [0.5, 0.6) is 5.75 Å². The second kappa shape index (κ2) is 7.75. The van der Waals surface area contributed by atoms with E-state index in [-0.39, 0.29) is 22.6 Å². The molecular weight excluding hydrogens is 401 g/mol. The number of rotatable bonds is 7. The molecule has 1 aliphatic rings. The number of nitrogens with zero attached hydrogens (tertiary/aromatic N) is 1. The smallest absolute Gasteiger partial charge is 0.326 e. The van der Waals surface area contributed by atoms with Crippen molar-refractivity contribution in [3.05, 3.63) is 82.2 Å². The SMILES string of the molecule is C[C@](C1C=C[C@H](Oc2ccc(C=O)cc2F)C1)([N+](=O)[O-])S(=O)(=O)c1ccccc1. The quantitative estimate of drug-likeness (QED) is 0.295. The third-order valence-electron chi connectivity index (χ3n) is 5.06. The minimum absolute atomic E-state index is 0.0155. The van der Waals surface area contributed by atoms with E-state index in [1.807, 2.05) is 0 Å². The van der Waals surface area contributed by atoms with Gasteiger partial charge in [-0.3, -0.25) is 14.9 Å². The fourth-order valence-corrected chi connectivity index (χ4v) is 5.03. The van der Waals surface area contributed by atoms with Crippen LogP contribution in [-0.2, 0) is 9.84 Å². The number of carbonyl (C=O) groups is 1. The van der Waals surface area contributed by atoms with Crippen molar-refractivity contribution in [2.45, 2.75) is 29.2 Å². The standard InChI is InChI=1S/C20H18FNO6S/c1-20(22(24)25,29(26,27)17-5-3-2-4-6-17)15-8-9-16(12-15)28-19-10-7-14(13-23)11-18(19)21/h2-11,13,15-16H,12H2,1H3/t15?,16-,20-/m0/s1. The molecule has 3 atom stereocenters. The Hall–Kier alpha value is -3.07. The van der Waals surface area contributed by atoms with E-state index >= 15 is 0 Å². The second-order valence-corrected chi connectivity index (χ2v) is 9.12. The van der Waals surface area contributed by atoms with Gasteiger partial charge in [0.05, 0.1) is 10.8 Å². The third kappa shape index (κ3) is 3.65. The zero-order chi connectivity index (χ0) is 21.2. The Labute approximate surface area is 166 Å². The minimum Gasteiger partial charge on any atom is -0.483 e. The number of ether oxygens (including phenoxy) is 1. The fourth-order valence-electron chi connectivity index (χ4n) is 3.27. The van der Waals surface area contributed by atoms with Crippen LogP contribution < -0.4 is 4.74 Å². The zero-order valence-corrected chi connectivity index (χ0v) is 16.2. The van der Waals surface area contributed by atoms with E-state index in [1.165, 1.54) is 48.6 Å². The molecule has 2 aromatic carbocycles. The molecule has 0 heterocycles. The fraction of sp³-hybridized carbons (Fsp3) is 0.250. The summed E-state index contributed by atoms with van der Waals surface area (Å²) in [7, 11) is -4.32. The summed E-state index contributed by atoms with van der Waals surface area (Å²) < 4.78 is 45.7. The van der Waals surface area contributed by atoms with Gasteiger partial charge in [-0.2, -0.15) is 0 Å². The average molecular weight is 419 g/mol. The Bertz CT molecular complexity index is 1070. The molecule has 0 radical (unpaired) electrons. The van der Waals surface area contributed by atoms with Crippen molar-refractivity contribution < 1.29 is 27.3 Å². The first-order valence-corrected chi connectivity index (χ1v) is 10.2. The molecule has 152 valence electrons. The monoisotopic (exact) mass is 419 g/mol. The Balaban J connectivity index is 1.86. The third-order valence-corrected chi connectivity index (χ3v) is 7.50. The summed E-state index contributed by atoms with van der Waals surface area (Å²) in [6.45, 7) is 1.08. The van der Waals surface area contributed by atoms with Gasteiger partial charge in [0, 0.05) is 23.8 Å². The number of aldehydes is 1. The molecule has 0 saturated carbocycles. The molecule has 9 heteroatoms. The van der Waals surface area contributed by atoms with E-state index in [0.29, 0.717) is 6.29 Å². The number of benzene rings is 2. The summed E-state index contributed by atoms with van der Waals surface area (Å²) in [5, 5.41) is 11.9. The topological polar surface area (TPSA) is 104 Å². The second-order valence-electron chi connectivity index (χ2n) is 6.82. The maximum atomic E-state index is 14.0. The predicted octanol–water partition coefficient (Wildman–Crippen LogP) is 3.43. The maximum Gasteiger partial charge on any atom is 0.326 e. The zero-order valence-electron chi connectivity index (χ0n) is 15.4. The van der Waals surface area contributed by atoms with Crippen LogP contribution in [0.1, 0.15) is 23.7 Å². The highest BCUT2D eigenvalue weighted by Crippen LogP contribution is 2.40. The first-order valence-electron chi connectivity index (χ1n) is 8.74. The lowest BCUT2D eigenvalue weighted by atomic mass is 10.00. The van der Waals surface area contributed by atoms with Crippen LogP contribution in [0.25, 0.3) is 0 Å². The predicted molar refractivity (Wildman–Crippen MR) is 102 cm³/mol. The van der Waals surface area contributed by atoms with Crippen molar-refractivity contribution in [2.75, 3.05) is 0 Å². The van der Waals surface area contributed by atoms with Crippen molar-refractivity contribution in [3.8, 4) is 5.75 Å². The van der Waals surface area contributed by atoms with Gasteiger partial charge < -0.3 is 4.74 Å². The lowest BCUT2D eigenvalue weighted by Gasteiger charge is -2.26. The lowest BCUT2D eigenvalue weighted by Crippen LogP contribution is -2.49. The van der Waals surface area contributed by atoms with Crippen LogP contribution in [0.4, 0.5) is 4.39 Å². The van der Waals surface area contributed by atoms with Gasteiger partial charge in [-0.1, -0.05) is 24.3 Å². The van der Waals surface area contributed by atoms with Crippen LogP contribution in [0.15, 0.2) is 65.6 Å². The molecule has 1 aliphatic carbocycles. The van der Waals surface area contributed by atoms with Gasteiger partial charge in [-0.25, -0.2) is 12.8 Å². The van der Waals surface area contributed by atoms with Crippen molar-refractivity contribution in [2.24, 2.45) is 5.92 Å². The molecule has 3 rings (SSSR count). The van der Waals surface area contributed by atoms with Gasteiger partial charge in [-0.05, 0) is 36.4 Å². The molecule has 0 amide bonds. The summed E-state index contributed by atoms with van der Waals surface area (Å²) in [6.07, 6.45) is 2.64. The van der Waals surface area contributed by atoms with Gasteiger partial charge in [0.1, 0.15) is 12.4 Å². The number of nitro groups is 1. The van der Waals surface area contributed by atoms with Crippen molar-refractivity contribution in [1.29, 1.82) is 0 Å². The summed E-state index contributed by atoms with van der Waals surface area (Å²) in [4.78, 5) is 19.3. The highest BCUT2D eigenvalue weighted by Gasteiger charge is 2.58. The highest BCUT2D eigenvalue weighted by atomic mass is 32.2. The van der Waals surface area contributed by atoms with Crippen molar-refractivity contribution in [1.82, 2.24) is 0 Å². The van der Waals surface area contributed by atoms with Gasteiger partial charge >= 0.3 is 4.87 Å². The van der Waals surface area contributed by atoms with E-state index < -0.39 is 37.5 Å². The molecule has 0 bridgehead atoms. The largest absolute Gasteiger partial charge is 0.483 e. The minimum atomic E-state index is -4.32. The van der Waals surface area contributed by atoms with E-state index in [2.05, 4.69) is 0 Å². The molecule has 0 N–H and O–H groups in total. The summed E-state index contributed by atoms with van der Waals surface area (Å²) in [6, 6.07) is 10.9. The number of hydrogen-bond acceptors (Lipinski definition) is 6. The summed E-state index contributed by atoms with van der Waals surface area (Å²) in [5.74, 6) is -1.86. The Morgan fingerprint density at radius 3 is 2.48 bits per heavy atom. The normalized spacial score (nSPS) is 20.8. The molecule has 0 aromatic heterocycles. The molecule has 0 fully saturated rings. The molecule has 0 saturated heterocycles. The molecule has 7 nitrogen and oxygen atoms in total. The number of carbonyl (C=O) groups excluding carboxylic acids is 1. The molecular formula is C20H18FNO6S. The van der Waals surface area contributed by atoms with Gasteiger partial charge in [0.2, 0.25) is 9.84 Å². The maximum absolute atomic E-state index is 14.0. The highest BCUT2D eigenvalue weighted by molar-refractivity contribution is 7.92. The molecule has 1 unspecified atom stereocenters. The Kier molecular flexibility index (Phi) is 5.52. The van der Waals surface area contributed by atoms with E-state index in [1.54, 1.807) is 6.07 Å². The summed E-state index contributed by atoms with van der Waals surface area (Å²) in [5.41, 5.74) is 0.143. The number of hydrogen-bond donors (Lipinski definition) is 0. The molecule has 0 aliphatic heterocycles. The van der Waals surface area contributed by atoms with Crippen LogP contribution in [0.2, 0.25) is 0 Å². The van der Waals surface area contributed by atoms with Gasteiger partial charge in [-0.15, -0.1) is 0 Å². The van der Waals surface area contributed by atoms with E-state index in [9.17, 15) is 27.7 Å². The van der Waals surface area contributed by atoms with Gasteiger partial charge in [0.15, 0.2) is 11.6 Å². The van der Waals surface area contributed by atoms with Crippen LogP contribution in [-0.4, -0.2) is 30.6 Å². The van der Waals surface area contributed by atoms with E-state index in [0.717, 1.165) is 13.0 Å². The van der Waals surface area contributed by atoms with Crippen LogP contribution in [0.3, 0.4) is 0 Å². The molecule has 29 heavy (non-hydrogen) atoms. The molecule has 2 aromatic rings. The average Bonchev–Trinajstić information content (AvgIpc) is 3.18. The summed E-state index contributed by atoms with van der Waals surface area (Å²) >= 11 is 0. The van der Waals surface area contributed by atoms with E-state index in [4.69, 9.17) is 4.74 Å². The Morgan fingerprint density at radius 2 is 1.90 bits per heavy atom. The van der Waals surface area contributed by atoms with Crippen LogP contribution >= 0.6 is 0 Å². The number of sulfone groups is 1.